The fourth-order valence-electron chi connectivity index (χ4n) is 4.89. The zero-order chi connectivity index (χ0) is 17.2. The van der Waals surface area contributed by atoms with Gasteiger partial charge in [-0.15, -0.1) is 0 Å². The molecule has 0 radical (unpaired) electrons. The van der Waals surface area contributed by atoms with Crippen molar-refractivity contribution in [2.45, 2.75) is 52.4 Å². The van der Waals surface area contributed by atoms with Crippen molar-refractivity contribution in [3.8, 4) is 0 Å². The molecule has 1 spiro atoms. The van der Waals surface area contributed by atoms with Gasteiger partial charge in [-0.2, -0.15) is 0 Å². The lowest BCUT2D eigenvalue weighted by molar-refractivity contribution is -0.137. The molecule has 24 heavy (non-hydrogen) atoms. The smallest absolute Gasteiger partial charge is 0.225 e. The van der Waals surface area contributed by atoms with Gasteiger partial charge >= 0.3 is 0 Å². The normalized spacial score (nSPS) is 27.1. The van der Waals surface area contributed by atoms with Crippen molar-refractivity contribution < 1.29 is 4.79 Å². The molecular formula is C20H37N3O. The third kappa shape index (κ3) is 4.32. The van der Waals surface area contributed by atoms with E-state index in [1.165, 1.54) is 71.2 Å². The number of hydrogen-bond donors (Lipinski definition) is 0. The lowest BCUT2D eigenvalue weighted by Gasteiger charge is -2.48. The van der Waals surface area contributed by atoms with E-state index in [1.54, 1.807) is 0 Å². The second kappa shape index (κ2) is 7.74. The van der Waals surface area contributed by atoms with E-state index >= 15 is 0 Å². The van der Waals surface area contributed by atoms with Crippen LogP contribution >= 0.6 is 0 Å². The fraction of sp³-hybridized carbons (Fsp3) is 0.950. The quantitative estimate of drug-likeness (QED) is 0.793. The van der Waals surface area contributed by atoms with Gasteiger partial charge in [-0.25, -0.2) is 0 Å². The van der Waals surface area contributed by atoms with E-state index in [1.807, 2.05) is 13.8 Å². The summed E-state index contributed by atoms with van der Waals surface area (Å²) in [6, 6.07) is 0. The topological polar surface area (TPSA) is 26.8 Å². The predicted octanol–water partition coefficient (Wildman–Crippen LogP) is 2.69. The molecule has 138 valence electrons. The van der Waals surface area contributed by atoms with Crippen molar-refractivity contribution in [2.75, 3.05) is 52.9 Å². The van der Waals surface area contributed by atoms with Crippen LogP contribution in [0.25, 0.3) is 0 Å². The van der Waals surface area contributed by atoms with Crippen LogP contribution in [0.3, 0.4) is 0 Å². The Hall–Kier alpha value is -0.610. The van der Waals surface area contributed by atoms with E-state index in [-0.39, 0.29) is 5.92 Å². The summed E-state index contributed by atoms with van der Waals surface area (Å²) in [6.45, 7) is 12.5. The zero-order valence-corrected chi connectivity index (χ0v) is 16.1. The highest BCUT2D eigenvalue weighted by Gasteiger charge is 2.39. The molecule has 4 nitrogen and oxygen atoms in total. The minimum absolute atomic E-state index is 0.149. The van der Waals surface area contributed by atoms with Gasteiger partial charge in [0.1, 0.15) is 0 Å². The van der Waals surface area contributed by atoms with Crippen LogP contribution in [0.1, 0.15) is 52.4 Å². The van der Waals surface area contributed by atoms with Crippen molar-refractivity contribution in [3.63, 3.8) is 0 Å². The van der Waals surface area contributed by atoms with E-state index in [9.17, 15) is 4.79 Å². The molecule has 0 aromatic carbocycles. The van der Waals surface area contributed by atoms with Gasteiger partial charge in [-0.3, -0.25) is 4.79 Å². The van der Waals surface area contributed by atoms with Gasteiger partial charge in [0.2, 0.25) is 5.91 Å². The molecule has 0 N–H and O–H groups in total. The van der Waals surface area contributed by atoms with Crippen molar-refractivity contribution in [1.82, 2.24) is 14.7 Å². The molecule has 4 heteroatoms. The highest BCUT2D eigenvalue weighted by atomic mass is 16.2. The standard InChI is InChI=1S/C20H37N3O/c1-17(2)19(24)23-14-8-20(9-15-23)6-12-22(13-7-20)16-18-4-10-21(3)11-5-18/h17-18H,4-16H2,1-3H3. The minimum Gasteiger partial charge on any atom is -0.342 e. The first-order valence-electron chi connectivity index (χ1n) is 10.2. The number of likely N-dealkylation sites (tertiary alicyclic amines) is 3. The molecule has 3 fully saturated rings. The van der Waals surface area contributed by atoms with Crippen molar-refractivity contribution >= 4 is 5.91 Å². The highest BCUT2D eigenvalue weighted by Crippen LogP contribution is 2.41. The number of piperidine rings is 3. The predicted molar refractivity (Wildman–Crippen MR) is 99.0 cm³/mol. The van der Waals surface area contributed by atoms with Crippen LogP contribution in [0.5, 0.6) is 0 Å². The molecule has 0 aromatic rings. The summed E-state index contributed by atoms with van der Waals surface area (Å²) in [7, 11) is 2.25. The molecule has 0 atom stereocenters. The lowest BCUT2D eigenvalue weighted by Crippen LogP contribution is -2.49. The molecule has 0 aliphatic carbocycles. The Morgan fingerprint density at radius 3 is 2.04 bits per heavy atom. The molecule has 0 aromatic heterocycles. The zero-order valence-electron chi connectivity index (χ0n) is 16.1. The first-order valence-corrected chi connectivity index (χ1v) is 10.2. The Kier molecular flexibility index (Phi) is 5.86. The number of hydrogen-bond acceptors (Lipinski definition) is 3. The number of rotatable bonds is 3. The van der Waals surface area contributed by atoms with Crippen LogP contribution in [0.15, 0.2) is 0 Å². The molecule has 0 saturated carbocycles. The van der Waals surface area contributed by atoms with Gasteiger partial charge in [0.25, 0.3) is 0 Å². The van der Waals surface area contributed by atoms with Crippen LogP contribution < -0.4 is 0 Å². The Morgan fingerprint density at radius 1 is 0.958 bits per heavy atom. The number of carbonyl (C=O) groups excluding carboxylic acids is 1. The Balaban J connectivity index is 1.41. The first-order chi connectivity index (χ1) is 11.5. The summed E-state index contributed by atoms with van der Waals surface area (Å²) in [5, 5.41) is 0. The van der Waals surface area contributed by atoms with Crippen LogP contribution in [-0.2, 0) is 4.79 Å². The van der Waals surface area contributed by atoms with E-state index in [0.717, 1.165) is 19.0 Å². The summed E-state index contributed by atoms with van der Waals surface area (Å²) in [6.07, 6.45) is 7.92. The molecule has 1 amide bonds. The average Bonchev–Trinajstić information content (AvgIpc) is 2.59. The van der Waals surface area contributed by atoms with Crippen molar-refractivity contribution in [3.05, 3.63) is 0 Å². The summed E-state index contributed by atoms with van der Waals surface area (Å²) >= 11 is 0. The molecule has 3 heterocycles. The van der Waals surface area contributed by atoms with E-state index in [2.05, 4.69) is 21.7 Å². The Bertz CT molecular complexity index is 411. The maximum atomic E-state index is 12.2. The van der Waals surface area contributed by atoms with Crippen LogP contribution in [-0.4, -0.2) is 73.5 Å². The van der Waals surface area contributed by atoms with Crippen LogP contribution in [0.4, 0.5) is 0 Å². The number of carbonyl (C=O) groups is 1. The first kappa shape index (κ1) is 18.2. The summed E-state index contributed by atoms with van der Waals surface area (Å²) in [4.78, 5) is 19.5. The maximum Gasteiger partial charge on any atom is 0.225 e. The van der Waals surface area contributed by atoms with Gasteiger partial charge in [-0.05, 0) is 83.1 Å². The van der Waals surface area contributed by atoms with Crippen LogP contribution in [0, 0.1) is 17.3 Å². The monoisotopic (exact) mass is 335 g/mol. The van der Waals surface area contributed by atoms with Gasteiger partial charge < -0.3 is 14.7 Å². The van der Waals surface area contributed by atoms with Gasteiger partial charge in [0.15, 0.2) is 0 Å². The molecular weight excluding hydrogens is 298 g/mol. The van der Waals surface area contributed by atoms with Crippen LogP contribution in [0.2, 0.25) is 0 Å². The lowest BCUT2D eigenvalue weighted by atomic mass is 9.71. The van der Waals surface area contributed by atoms with E-state index < -0.39 is 0 Å². The fourth-order valence-corrected chi connectivity index (χ4v) is 4.89. The summed E-state index contributed by atoms with van der Waals surface area (Å²) in [5.41, 5.74) is 0.539. The second-order valence-electron chi connectivity index (χ2n) is 9.03. The Morgan fingerprint density at radius 2 is 1.50 bits per heavy atom. The molecule has 0 unspecified atom stereocenters. The van der Waals surface area contributed by atoms with E-state index in [0.29, 0.717) is 11.3 Å². The maximum absolute atomic E-state index is 12.2. The molecule has 3 aliphatic heterocycles. The third-order valence-electron chi connectivity index (χ3n) is 6.90. The summed E-state index contributed by atoms with van der Waals surface area (Å²) < 4.78 is 0. The summed E-state index contributed by atoms with van der Waals surface area (Å²) in [5.74, 6) is 1.42. The van der Waals surface area contributed by atoms with Gasteiger partial charge in [-0.1, -0.05) is 13.8 Å². The number of nitrogens with zero attached hydrogens (tertiary/aromatic N) is 3. The number of amides is 1. The molecule has 3 saturated heterocycles. The van der Waals surface area contributed by atoms with Crippen molar-refractivity contribution in [2.24, 2.45) is 17.3 Å². The molecule has 3 rings (SSSR count). The Labute approximate surface area is 148 Å². The molecule has 3 aliphatic rings. The minimum atomic E-state index is 0.149. The van der Waals surface area contributed by atoms with Gasteiger partial charge in [0, 0.05) is 25.6 Å². The third-order valence-corrected chi connectivity index (χ3v) is 6.90. The second-order valence-corrected chi connectivity index (χ2v) is 9.03. The van der Waals surface area contributed by atoms with Crippen molar-refractivity contribution in [1.29, 1.82) is 0 Å². The highest BCUT2D eigenvalue weighted by molar-refractivity contribution is 5.78. The largest absolute Gasteiger partial charge is 0.342 e. The SMILES string of the molecule is CC(C)C(=O)N1CCC2(CCN(CC3CCN(C)CC3)CC2)CC1. The van der Waals surface area contributed by atoms with E-state index in [4.69, 9.17) is 0 Å². The molecule has 0 bridgehead atoms. The average molecular weight is 336 g/mol. The van der Waals surface area contributed by atoms with Gasteiger partial charge in [0.05, 0.1) is 0 Å².